The van der Waals surface area contributed by atoms with Crippen molar-refractivity contribution < 1.29 is 9.18 Å². The Bertz CT molecular complexity index is 1660. The van der Waals surface area contributed by atoms with Crippen LogP contribution in [0.4, 0.5) is 16.0 Å². The predicted molar refractivity (Wildman–Crippen MR) is 162 cm³/mol. The molecule has 4 aromatic rings. The standard InChI is InChI=1S/C32H35FN8O/c1-2-29(42)39-16-12-22(13-17-39)36-26-8-5-20-18-23(6-7-24(20)26)41-31(25-4-3-14-35-30(25)34)37-27-9-10-28(38-32(27)41)40-15-11-21(33)19-40/h2-4,6-7,9-10,14,18,21-22,26,36H,1,5,8,11-13,15-17,19H2,(H2,34,35)/t21-,26-/m0/s1. The lowest BCUT2D eigenvalue weighted by molar-refractivity contribution is -0.127. The lowest BCUT2D eigenvalue weighted by Crippen LogP contribution is -2.45. The SMILES string of the molecule is C=CC(=O)N1CCC(N[C@H]2CCc3cc(-n4c(-c5cccnc5N)nc5ccc(N6CC[C@H](F)C6)nc54)ccc32)CC1. The van der Waals surface area contributed by atoms with Gasteiger partial charge >= 0.3 is 0 Å². The number of halogens is 1. The highest BCUT2D eigenvalue weighted by atomic mass is 19.1. The highest BCUT2D eigenvalue weighted by molar-refractivity contribution is 5.87. The lowest BCUT2D eigenvalue weighted by atomic mass is 10.0. The summed E-state index contributed by atoms with van der Waals surface area (Å²) in [5, 5.41) is 3.87. The van der Waals surface area contributed by atoms with Gasteiger partial charge in [-0.1, -0.05) is 12.6 Å². The van der Waals surface area contributed by atoms with Crippen molar-refractivity contribution >= 4 is 28.7 Å². The molecule has 0 saturated carbocycles. The second-order valence-electron chi connectivity index (χ2n) is 11.5. The van der Waals surface area contributed by atoms with Crippen molar-refractivity contribution in [3.05, 3.63) is 72.4 Å². The van der Waals surface area contributed by atoms with Crippen LogP contribution in [-0.4, -0.2) is 68.7 Å². The Hall–Kier alpha value is -4.31. The Balaban J connectivity index is 1.22. The molecule has 2 atom stereocenters. The van der Waals surface area contributed by atoms with E-state index in [1.54, 1.807) is 6.20 Å². The number of nitrogens with zero attached hydrogens (tertiary/aromatic N) is 6. The molecule has 5 heterocycles. The van der Waals surface area contributed by atoms with Crippen LogP contribution in [0.1, 0.15) is 42.9 Å². The summed E-state index contributed by atoms with van der Waals surface area (Å²) in [6, 6.07) is 14.9. The van der Waals surface area contributed by atoms with Crippen molar-refractivity contribution in [1.82, 2.24) is 29.7 Å². The van der Waals surface area contributed by atoms with E-state index in [0.29, 0.717) is 42.8 Å². The third kappa shape index (κ3) is 4.79. The fraction of sp³-hybridized carbons (Fsp3) is 0.375. The summed E-state index contributed by atoms with van der Waals surface area (Å²) in [4.78, 5) is 30.1. The number of rotatable bonds is 6. The third-order valence-electron chi connectivity index (χ3n) is 8.90. The van der Waals surface area contributed by atoms with Crippen LogP contribution < -0.4 is 16.0 Å². The fourth-order valence-corrected chi connectivity index (χ4v) is 6.68. The molecular weight excluding hydrogens is 531 g/mol. The molecule has 3 aliphatic rings. The number of pyridine rings is 2. The maximum Gasteiger partial charge on any atom is 0.245 e. The van der Waals surface area contributed by atoms with Gasteiger partial charge in [-0.05, 0) is 85.7 Å². The molecule has 1 aliphatic carbocycles. The summed E-state index contributed by atoms with van der Waals surface area (Å²) < 4.78 is 16.1. The first-order valence-electron chi connectivity index (χ1n) is 14.8. The van der Waals surface area contributed by atoms with E-state index < -0.39 is 6.17 Å². The molecule has 42 heavy (non-hydrogen) atoms. The van der Waals surface area contributed by atoms with Gasteiger partial charge in [0.1, 0.15) is 23.3 Å². The van der Waals surface area contributed by atoms with E-state index in [9.17, 15) is 9.18 Å². The summed E-state index contributed by atoms with van der Waals surface area (Å²) in [7, 11) is 0. The largest absolute Gasteiger partial charge is 0.383 e. The van der Waals surface area contributed by atoms with Crippen LogP contribution in [0, 0.1) is 0 Å². The van der Waals surface area contributed by atoms with Crippen LogP contribution >= 0.6 is 0 Å². The quantitative estimate of drug-likeness (QED) is 0.334. The number of aryl methyl sites for hydroxylation is 1. The number of nitrogen functional groups attached to an aromatic ring is 1. The van der Waals surface area contributed by atoms with Gasteiger partial charge in [0.05, 0.1) is 12.1 Å². The number of nitrogens with two attached hydrogens (primary N) is 1. The number of hydrogen-bond acceptors (Lipinski definition) is 7. The van der Waals surface area contributed by atoms with Crippen molar-refractivity contribution in [1.29, 1.82) is 0 Å². The number of aromatic nitrogens is 4. The summed E-state index contributed by atoms with van der Waals surface area (Å²) in [6.07, 6.45) is 6.63. The molecule has 2 saturated heterocycles. The Morgan fingerprint density at radius 1 is 1.07 bits per heavy atom. The van der Waals surface area contributed by atoms with Crippen LogP contribution in [0.3, 0.4) is 0 Å². The van der Waals surface area contributed by atoms with Crippen molar-refractivity contribution in [2.45, 2.75) is 50.4 Å². The highest BCUT2D eigenvalue weighted by Gasteiger charge is 2.29. The molecular formula is C32H35FN8O. The van der Waals surface area contributed by atoms with Crippen molar-refractivity contribution in [3.63, 3.8) is 0 Å². The van der Waals surface area contributed by atoms with E-state index in [1.165, 1.54) is 17.2 Å². The van der Waals surface area contributed by atoms with Gasteiger partial charge in [-0.15, -0.1) is 0 Å². The number of carbonyl (C=O) groups is 1. The van der Waals surface area contributed by atoms with Crippen LogP contribution in [0.2, 0.25) is 0 Å². The topological polar surface area (TPSA) is 105 Å². The molecule has 0 bridgehead atoms. The van der Waals surface area contributed by atoms with Gasteiger partial charge in [-0.3, -0.25) is 9.36 Å². The smallest absolute Gasteiger partial charge is 0.245 e. The van der Waals surface area contributed by atoms with E-state index in [4.69, 9.17) is 15.7 Å². The van der Waals surface area contributed by atoms with Crippen LogP contribution in [0.25, 0.3) is 28.2 Å². The van der Waals surface area contributed by atoms with Crippen LogP contribution in [0.15, 0.2) is 61.3 Å². The minimum atomic E-state index is -0.835. The molecule has 1 aromatic carbocycles. The molecule has 0 radical (unpaired) electrons. The minimum Gasteiger partial charge on any atom is -0.383 e. The predicted octanol–water partition coefficient (Wildman–Crippen LogP) is 4.37. The second kappa shape index (κ2) is 10.8. The number of benzene rings is 1. The number of amides is 1. The maximum atomic E-state index is 14.0. The normalized spacial score (nSPS) is 20.8. The van der Waals surface area contributed by atoms with Gasteiger partial charge in [0, 0.05) is 43.6 Å². The average molecular weight is 567 g/mol. The van der Waals surface area contributed by atoms with Crippen LogP contribution in [0.5, 0.6) is 0 Å². The van der Waals surface area contributed by atoms with E-state index in [0.717, 1.165) is 61.4 Å². The number of piperidine rings is 1. The zero-order valence-electron chi connectivity index (χ0n) is 23.5. The summed E-state index contributed by atoms with van der Waals surface area (Å²) in [5.41, 5.74) is 12.1. The molecule has 3 N–H and O–H groups in total. The van der Waals surface area contributed by atoms with Crippen molar-refractivity contribution in [2.24, 2.45) is 0 Å². The molecule has 9 nitrogen and oxygen atoms in total. The fourth-order valence-electron chi connectivity index (χ4n) is 6.68. The Labute approximate surface area is 244 Å². The first-order valence-corrected chi connectivity index (χ1v) is 14.8. The van der Waals surface area contributed by atoms with Gasteiger partial charge in [0.25, 0.3) is 0 Å². The Morgan fingerprint density at radius 3 is 2.69 bits per heavy atom. The van der Waals surface area contributed by atoms with Gasteiger partial charge < -0.3 is 20.9 Å². The number of fused-ring (bicyclic) bond motifs is 2. The van der Waals surface area contributed by atoms with Gasteiger partial charge in [0.15, 0.2) is 11.5 Å². The first kappa shape index (κ1) is 26.6. The lowest BCUT2D eigenvalue weighted by Gasteiger charge is -2.33. The third-order valence-corrected chi connectivity index (χ3v) is 8.90. The Kier molecular flexibility index (Phi) is 6.85. The number of alkyl halides is 1. The molecule has 7 rings (SSSR count). The summed E-state index contributed by atoms with van der Waals surface area (Å²) >= 11 is 0. The molecule has 2 fully saturated rings. The molecule has 3 aromatic heterocycles. The highest BCUT2D eigenvalue weighted by Crippen LogP contribution is 2.37. The first-order chi connectivity index (χ1) is 20.5. The van der Waals surface area contributed by atoms with Crippen LogP contribution in [-0.2, 0) is 11.2 Å². The molecule has 0 unspecified atom stereocenters. The van der Waals surface area contributed by atoms with Crippen molar-refractivity contribution in [3.8, 4) is 17.1 Å². The zero-order valence-corrected chi connectivity index (χ0v) is 23.5. The number of anilines is 2. The van der Waals surface area contributed by atoms with Gasteiger partial charge in [-0.25, -0.2) is 19.3 Å². The number of likely N-dealkylation sites (tertiary alicyclic amines) is 1. The number of nitrogens with one attached hydrogen (secondary N) is 1. The minimum absolute atomic E-state index is 0.0141. The monoisotopic (exact) mass is 566 g/mol. The molecule has 2 aliphatic heterocycles. The molecule has 1 amide bonds. The number of imidazole rings is 1. The Morgan fingerprint density at radius 2 is 1.93 bits per heavy atom. The second-order valence-corrected chi connectivity index (χ2v) is 11.5. The van der Waals surface area contributed by atoms with Gasteiger partial charge in [0.2, 0.25) is 5.91 Å². The molecule has 0 spiro atoms. The van der Waals surface area contributed by atoms with Crippen molar-refractivity contribution in [2.75, 3.05) is 36.8 Å². The number of carbonyl (C=O) groups excluding carboxylic acids is 1. The van der Waals surface area contributed by atoms with E-state index in [2.05, 4.69) is 39.6 Å². The van der Waals surface area contributed by atoms with E-state index >= 15 is 0 Å². The molecule has 216 valence electrons. The van der Waals surface area contributed by atoms with Gasteiger partial charge in [-0.2, -0.15) is 0 Å². The maximum absolute atomic E-state index is 14.0. The average Bonchev–Trinajstić information content (AvgIpc) is 3.73. The molecule has 10 heteroatoms. The van der Waals surface area contributed by atoms with E-state index in [1.807, 2.05) is 34.1 Å². The summed E-state index contributed by atoms with van der Waals surface area (Å²) in [5.74, 6) is 1.85. The van der Waals surface area contributed by atoms with E-state index in [-0.39, 0.29) is 11.9 Å². The number of hydrogen-bond donors (Lipinski definition) is 2. The summed E-state index contributed by atoms with van der Waals surface area (Å²) in [6.45, 7) is 6.13. The zero-order chi connectivity index (χ0) is 28.8.